The maximum Gasteiger partial charge on any atom is 0.236 e. The first kappa shape index (κ1) is 26.7. The first-order chi connectivity index (χ1) is 14.5. The zero-order valence-corrected chi connectivity index (χ0v) is 19.5. The molecule has 2 atom stereocenters. The SMILES string of the molecule is CC(C)NC(=O)C(CCCC(=O)N1C(=O)CCC1=O)CC(C)C(=O)NCCCN(C)C. The van der Waals surface area contributed by atoms with Crippen molar-refractivity contribution < 1.29 is 24.0 Å². The predicted octanol–water partition coefficient (Wildman–Crippen LogP) is 1.07. The highest BCUT2D eigenvalue weighted by molar-refractivity contribution is 6.14. The van der Waals surface area contributed by atoms with E-state index < -0.39 is 23.6 Å². The summed E-state index contributed by atoms with van der Waals surface area (Å²) in [5.41, 5.74) is 0. The minimum Gasteiger partial charge on any atom is -0.356 e. The van der Waals surface area contributed by atoms with Crippen molar-refractivity contribution in [2.75, 3.05) is 27.2 Å². The number of rotatable bonds is 13. The lowest BCUT2D eigenvalue weighted by atomic mass is 9.89. The molecule has 1 saturated heterocycles. The molecule has 1 aliphatic heterocycles. The number of carbonyl (C=O) groups excluding carboxylic acids is 5. The molecule has 0 aliphatic carbocycles. The van der Waals surface area contributed by atoms with Gasteiger partial charge in [-0.1, -0.05) is 6.92 Å². The molecule has 1 fully saturated rings. The number of hydrogen-bond acceptors (Lipinski definition) is 6. The van der Waals surface area contributed by atoms with Gasteiger partial charge in [-0.05, 0) is 60.2 Å². The van der Waals surface area contributed by atoms with E-state index in [0.29, 0.717) is 25.8 Å². The van der Waals surface area contributed by atoms with Crippen molar-refractivity contribution >= 4 is 29.5 Å². The Morgan fingerprint density at radius 1 is 1.00 bits per heavy atom. The minimum absolute atomic E-state index is 0.0219. The standard InChI is InChI=1S/C22H38N4O5/c1-15(2)24-22(31)17(14-16(3)21(30)23-12-7-13-25(4)5)8-6-9-18(27)26-19(28)10-11-20(26)29/h15-17H,6-14H2,1-5H3,(H,23,30)(H,24,31). The second-order valence-electron chi connectivity index (χ2n) is 8.85. The smallest absolute Gasteiger partial charge is 0.236 e. The zero-order chi connectivity index (χ0) is 23.6. The van der Waals surface area contributed by atoms with Gasteiger partial charge >= 0.3 is 0 Å². The van der Waals surface area contributed by atoms with Crippen LogP contribution in [0.25, 0.3) is 0 Å². The highest BCUT2D eigenvalue weighted by atomic mass is 16.2. The molecule has 1 heterocycles. The van der Waals surface area contributed by atoms with Crippen LogP contribution in [0.3, 0.4) is 0 Å². The Kier molecular flexibility index (Phi) is 11.4. The molecule has 1 aliphatic rings. The average Bonchev–Trinajstić information content (AvgIpc) is 3.01. The number of carbonyl (C=O) groups is 5. The van der Waals surface area contributed by atoms with Crippen molar-refractivity contribution in [3.05, 3.63) is 0 Å². The van der Waals surface area contributed by atoms with Crippen LogP contribution in [0.1, 0.15) is 65.7 Å². The summed E-state index contributed by atoms with van der Waals surface area (Å²) in [5, 5.41) is 5.79. The summed E-state index contributed by atoms with van der Waals surface area (Å²) >= 11 is 0. The van der Waals surface area contributed by atoms with E-state index in [1.807, 2.05) is 32.8 Å². The Hall–Kier alpha value is -2.29. The molecule has 0 aromatic rings. The summed E-state index contributed by atoms with van der Waals surface area (Å²) in [5.74, 6) is -2.44. The third-order valence-electron chi connectivity index (χ3n) is 5.21. The van der Waals surface area contributed by atoms with E-state index in [2.05, 4.69) is 10.6 Å². The maximum atomic E-state index is 12.6. The van der Waals surface area contributed by atoms with E-state index in [4.69, 9.17) is 0 Å². The van der Waals surface area contributed by atoms with E-state index in [-0.39, 0.29) is 43.0 Å². The van der Waals surface area contributed by atoms with Gasteiger partial charge in [0, 0.05) is 43.7 Å². The lowest BCUT2D eigenvalue weighted by Crippen LogP contribution is -2.39. The van der Waals surface area contributed by atoms with Crippen LogP contribution < -0.4 is 10.6 Å². The van der Waals surface area contributed by atoms with Crippen LogP contribution in [0.5, 0.6) is 0 Å². The van der Waals surface area contributed by atoms with Gasteiger partial charge in [0.1, 0.15) is 0 Å². The van der Waals surface area contributed by atoms with Crippen LogP contribution >= 0.6 is 0 Å². The summed E-state index contributed by atoms with van der Waals surface area (Å²) in [7, 11) is 3.95. The van der Waals surface area contributed by atoms with E-state index in [0.717, 1.165) is 17.9 Å². The molecule has 0 radical (unpaired) electrons. The molecule has 5 amide bonds. The monoisotopic (exact) mass is 438 g/mol. The Morgan fingerprint density at radius 2 is 1.61 bits per heavy atom. The third-order valence-corrected chi connectivity index (χ3v) is 5.21. The van der Waals surface area contributed by atoms with Crippen LogP contribution in [0, 0.1) is 11.8 Å². The zero-order valence-electron chi connectivity index (χ0n) is 19.5. The van der Waals surface area contributed by atoms with Gasteiger partial charge in [0.05, 0.1) is 0 Å². The van der Waals surface area contributed by atoms with Gasteiger partial charge in [0.25, 0.3) is 0 Å². The quantitative estimate of drug-likeness (QED) is 0.328. The van der Waals surface area contributed by atoms with Crippen molar-refractivity contribution in [2.45, 2.75) is 71.8 Å². The van der Waals surface area contributed by atoms with Gasteiger partial charge < -0.3 is 15.5 Å². The van der Waals surface area contributed by atoms with Crippen LogP contribution in [-0.2, 0) is 24.0 Å². The Labute approximate surface area is 185 Å². The fraction of sp³-hybridized carbons (Fsp3) is 0.773. The van der Waals surface area contributed by atoms with Crippen molar-refractivity contribution in [1.29, 1.82) is 0 Å². The van der Waals surface area contributed by atoms with Gasteiger partial charge in [-0.3, -0.25) is 24.0 Å². The Bertz CT molecular complexity index is 646. The van der Waals surface area contributed by atoms with Crippen molar-refractivity contribution in [3.63, 3.8) is 0 Å². The van der Waals surface area contributed by atoms with E-state index >= 15 is 0 Å². The fourth-order valence-corrected chi connectivity index (χ4v) is 3.54. The number of hydrogen-bond donors (Lipinski definition) is 2. The fourth-order valence-electron chi connectivity index (χ4n) is 3.54. The number of amides is 5. The normalized spacial score (nSPS) is 16.0. The molecular weight excluding hydrogens is 400 g/mol. The van der Waals surface area contributed by atoms with Gasteiger partial charge in [-0.25, -0.2) is 4.90 Å². The van der Waals surface area contributed by atoms with Crippen LogP contribution in [0.4, 0.5) is 0 Å². The molecule has 0 bridgehead atoms. The highest BCUT2D eigenvalue weighted by Crippen LogP contribution is 2.21. The van der Waals surface area contributed by atoms with E-state index in [1.165, 1.54) is 0 Å². The first-order valence-electron chi connectivity index (χ1n) is 11.1. The number of nitrogens with zero attached hydrogens (tertiary/aromatic N) is 2. The second kappa shape index (κ2) is 13.2. The molecule has 9 heteroatoms. The minimum atomic E-state index is -0.512. The molecule has 9 nitrogen and oxygen atoms in total. The predicted molar refractivity (Wildman–Crippen MR) is 117 cm³/mol. The number of nitrogens with one attached hydrogen (secondary N) is 2. The van der Waals surface area contributed by atoms with E-state index in [9.17, 15) is 24.0 Å². The maximum absolute atomic E-state index is 12.6. The molecule has 176 valence electrons. The Balaban J connectivity index is 2.58. The molecule has 0 saturated carbocycles. The lowest BCUT2D eigenvalue weighted by Gasteiger charge is -2.22. The number of likely N-dealkylation sites (tertiary alicyclic amines) is 1. The van der Waals surface area contributed by atoms with Gasteiger partial charge in [-0.2, -0.15) is 0 Å². The highest BCUT2D eigenvalue weighted by Gasteiger charge is 2.34. The summed E-state index contributed by atoms with van der Waals surface area (Å²) in [6.45, 7) is 6.98. The topological polar surface area (TPSA) is 116 Å². The van der Waals surface area contributed by atoms with Crippen LogP contribution in [-0.4, -0.2) is 72.6 Å². The molecule has 0 spiro atoms. The van der Waals surface area contributed by atoms with E-state index in [1.54, 1.807) is 6.92 Å². The van der Waals surface area contributed by atoms with Gasteiger partial charge in [0.2, 0.25) is 29.5 Å². The largest absolute Gasteiger partial charge is 0.356 e. The lowest BCUT2D eigenvalue weighted by molar-refractivity contribution is -0.149. The summed E-state index contributed by atoms with van der Waals surface area (Å²) < 4.78 is 0. The van der Waals surface area contributed by atoms with Crippen LogP contribution in [0.15, 0.2) is 0 Å². The molecule has 2 N–H and O–H groups in total. The summed E-state index contributed by atoms with van der Waals surface area (Å²) in [6, 6.07) is -0.0355. The molecule has 0 aromatic heterocycles. The molecular formula is C22H38N4O5. The first-order valence-corrected chi connectivity index (χ1v) is 11.1. The Morgan fingerprint density at radius 3 is 2.16 bits per heavy atom. The molecule has 2 unspecified atom stereocenters. The van der Waals surface area contributed by atoms with Crippen LogP contribution in [0.2, 0.25) is 0 Å². The average molecular weight is 439 g/mol. The molecule has 31 heavy (non-hydrogen) atoms. The molecule has 1 rings (SSSR count). The van der Waals surface area contributed by atoms with Gasteiger partial charge in [0.15, 0.2) is 0 Å². The summed E-state index contributed by atoms with van der Waals surface area (Å²) in [4.78, 5) is 63.4. The summed E-state index contributed by atoms with van der Waals surface area (Å²) in [6.07, 6.45) is 2.15. The molecule has 0 aromatic carbocycles. The van der Waals surface area contributed by atoms with Crippen molar-refractivity contribution in [3.8, 4) is 0 Å². The van der Waals surface area contributed by atoms with Crippen molar-refractivity contribution in [1.82, 2.24) is 20.4 Å². The third kappa shape index (κ3) is 9.59. The van der Waals surface area contributed by atoms with Gasteiger partial charge in [-0.15, -0.1) is 0 Å². The second-order valence-corrected chi connectivity index (χ2v) is 8.85. The van der Waals surface area contributed by atoms with Crippen molar-refractivity contribution in [2.24, 2.45) is 11.8 Å². The number of imide groups is 3.